The Hall–Kier alpha value is -1.56. The van der Waals surface area contributed by atoms with Gasteiger partial charge in [0, 0.05) is 24.6 Å². The molecule has 1 aliphatic heterocycles. The van der Waals surface area contributed by atoms with Crippen LogP contribution in [0.15, 0.2) is 28.7 Å². The average molecular weight is 354 g/mol. The molecule has 1 aromatic rings. The standard InChI is InChI=1S/C15H20BrN3O2/c1-18(10-8-11-4-6-12(16)7-5-11)14(20)13-3-2-9-19(13)15(17)21/h4-7,13H,2-3,8-10H2,1H3,(H2,17,21)/t13-/m0/s1. The van der Waals surface area contributed by atoms with Crippen LogP contribution >= 0.6 is 15.9 Å². The van der Waals surface area contributed by atoms with Crippen molar-refractivity contribution in [2.75, 3.05) is 20.1 Å². The highest BCUT2D eigenvalue weighted by atomic mass is 79.9. The molecule has 6 heteroatoms. The van der Waals surface area contributed by atoms with Crippen LogP contribution in [-0.4, -0.2) is 47.9 Å². The third kappa shape index (κ3) is 3.97. The van der Waals surface area contributed by atoms with Gasteiger partial charge in [0.2, 0.25) is 5.91 Å². The number of carbonyl (C=O) groups excluding carboxylic acids is 2. The number of halogens is 1. The molecule has 1 saturated heterocycles. The van der Waals surface area contributed by atoms with Gasteiger partial charge in [0.1, 0.15) is 6.04 Å². The van der Waals surface area contributed by atoms with Gasteiger partial charge in [-0.15, -0.1) is 0 Å². The van der Waals surface area contributed by atoms with Crippen LogP contribution in [0.5, 0.6) is 0 Å². The van der Waals surface area contributed by atoms with E-state index < -0.39 is 12.1 Å². The Labute approximate surface area is 133 Å². The van der Waals surface area contributed by atoms with E-state index >= 15 is 0 Å². The van der Waals surface area contributed by atoms with Crippen molar-refractivity contribution in [1.29, 1.82) is 0 Å². The molecule has 1 aliphatic rings. The molecule has 2 N–H and O–H groups in total. The highest BCUT2D eigenvalue weighted by molar-refractivity contribution is 9.10. The number of amides is 3. The molecule has 0 aliphatic carbocycles. The molecule has 0 aromatic heterocycles. The zero-order valence-electron chi connectivity index (χ0n) is 12.1. The molecular formula is C15H20BrN3O2. The molecule has 114 valence electrons. The zero-order valence-corrected chi connectivity index (χ0v) is 13.7. The number of hydrogen-bond acceptors (Lipinski definition) is 2. The summed E-state index contributed by atoms with van der Waals surface area (Å²) in [5, 5.41) is 0. The second kappa shape index (κ2) is 6.93. The number of primary amides is 1. The lowest BCUT2D eigenvalue weighted by atomic mass is 10.1. The fraction of sp³-hybridized carbons (Fsp3) is 0.467. The van der Waals surface area contributed by atoms with E-state index in [1.807, 2.05) is 24.3 Å². The van der Waals surface area contributed by atoms with Crippen molar-refractivity contribution in [1.82, 2.24) is 9.80 Å². The number of urea groups is 1. The lowest BCUT2D eigenvalue weighted by Crippen LogP contribution is -2.48. The van der Waals surface area contributed by atoms with E-state index in [0.717, 1.165) is 17.3 Å². The van der Waals surface area contributed by atoms with E-state index in [9.17, 15) is 9.59 Å². The monoisotopic (exact) mass is 353 g/mol. The third-order valence-corrected chi connectivity index (χ3v) is 4.37. The summed E-state index contributed by atoms with van der Waals surface area (Å²) in [7, 11) is 1.78. The van der Waals surface area contributed by atoms with E-state index in [1.54, 1.807) is 11.9 Å². The van der Waals surface area contributed by atoms with Crippen molar-refractivity contribution in [3.63, 3.8) is 0 Å². The highest BCUT2D eigenvalue weighted by Crippen LogP contribution is 2.19. The van der Waals surface area contributed by atoms with Gasteiger partial charge < -0.3 is 15.5 Å². The van der Waals surface area contributed by atoms with Crippen molar-refractivity contribution >= 4 is 27.9 Å². The Balaban J connectivity index is 1.90. The van der Waals surface area contributed by atoms with Gasteiger partial charge in [0.15, 0.2) is 0 Å². The lowest BCUT2D eigenvalue weighted by Gasteiger charge is -2.26. The van der Waals surface area contributed by atoms with E-state index in [2.05, 4.69) is 15.9 Å². The van der Waals surface area contributed by atoms with Gasteiger partial charge in [-0.2, -0.15) is 0 Å². The maximum absolute atomic E-state index is 12.4. The van der Waals surface area contributed by atoms with Crippen LogP contribution in [-0.2, 0) is 11.2 Å². The van der Waals surface area contributed by atoms with Crippen LogP contribution in [0.25, 0.3) is 0 Å². The van der Waals surface area contributed by atoms with Crippen molar-refractivity contribution in [3.05, 3.63) is 34.3 Å². The number of carbonyl (C=O) groups is 2. The first-order valence-electron chi connectivity index (χ1n) is 7.04. The summed E-state index contributed by atoms with van der Waals surface area (Å²) in [5.41, 5.74) is 6.49. The number of benzene rings is 1. The summed E-state index contributed by atoms with van der Waals surface area (Å²) in [5.74, 6) is -0.0246. The van der Waals surface area contributed by atoms with Crippen LogP contribution in [0, 0.1) is 0 Å². The molecule has 5 nitrogen and oxygen atoms in total. The Kier molecular flexibility index (Phi) is 5.22. The Morgan fingerprint density at radius 1 is 1.38 bits per heavy atom. The lowest BCUT2D eigenvalue weighted by molar-refractivity contribution is -0.133. The van der Waals surface area contributed by atoms with E-state index in [-0.39, 0.29) is 5.91 Å². The smallest absolute Gasteiger partial charge is 0.315 e. The summed E-state index contributed by atoms with van der Waals surface area (Å²) in [4.78, 5) is 26.9. The SMILES string of the molecule is CN(CCc1ccc(Br)cc1)C(=O)[C@@H]1CCCN1C(N)=O. The number of nitrogens with two attached hydrogens (primary N) is 1. The van der Waals surface area contributed by atoms with Gasteiger partial charge in [-0.1, -0.05) is 28.1 Å². The fourth-order valence-electron chi connectivity index (χ4n) is 2.60. The minimum Gasteiger partial charge on any atom is -0.351 e. The van der Waals surface area contributed by atoms with Crippen LogP contribution in [0.4, 0.5) is 4.79 Å². The van der Waals surface area contributed by atoms with Crippen LogP contribution < -0.4 is 5.73 Å². The fourth-order valence-corrected chi connectivity index (χ4v) is 2.86. The Morgan fingerprint density at radius 2 is 2.05 bits per heavy atom. The van der Waals surface area contributed by atoms with Gasteiger partial charge >= 0.3 is 6.03 Å². The van der Waals surface area contributed by atoms with Gasteiger partial charge in [-0.3, -0.25) is 4.79 Å². The van der Waals surface area contributed by atoms with Crippen LogP contribution in [0.2, 0.25) is 0 Å². The summed E-state index contributed by atoms with van der Waals surface area (Å²) in [6.07, 6.45) is 2.32. The van der Waals surface area contributed by atoms with Crippen molar-refractivity contribution in [3.8, 4) is 0 Å². The molecule has 1 aromatic carbocycles. The van der Waals surface area contributed by atoms with Gasteiger partial charge in [-0.25, -0.2) is 4.79 Å². The molecular weight excluding hydrogens is 334 g/mol. The van der Waals surface area contributed by atoms with Gasteiger partial charge in [0.25, 0.3) is 0 Å². The number of likely N-dealkylation sites (tertiary alicyclic amines) is 1. The minimum atomic E-state index is -0.507. The molecule has 2 rings (SSSR count). The van der Waals surface area contributed by atoms with E-state index in [0.29, 0.717) is 19.5 Å². The van der Waals surface area contributed by atoms with Gasteiger partial charge in [-0.05, 0) is 37.0 Å². The number of likely N-dealkylation sites (N-methyl/N-ethyl adjacent to an activating group) is 1. The van der Waals surface area contributed by atoms with Crippen molar-refractivity contribution in [2.24, 2.45) is 5.73 Å². The van der Waals surface area contributed by atoms with Crippen molar-refractivity contribution < 1.29 is 9.59 Å². The first-order chi connectivity index (χ1) is 9.99. The molecule has 1 fully saturated rings. The molecule has 0 bridgehead atoms. The quantitative estimate of drug-likeness (QED) is 0.899. The minimum absolute atomic E-state index is 0.0246. The second-order valence-corrected chi connectivity index (χ2v) is 6.24. The van der Waals surface area contributed by atoms with Crippen molar-refractivity contribution in [2.45, 2.75) is 25.3 Å². The molecule has 0 spiro atoms. The molecule has 21 heavy (non-hydrogen) atoms. The maximum atomic E-state index is 12.4. The molecule has 1 atom stereocenters. The number of rotatable bonds is 4. The molecule has 0 radical (unpaired) electrons. The summed E-state index contributed by atoms with van der Waals surface area (Å²) >= 11 is 3.40. The highest BCUT2D eigenvalue weighted by Gasteiger charge is 2.34. The normalized spacial score (nSPS) is 17.8. The Morgan fingerprint density at radius 3 is 2.67 bits per heavy atom. The summed E-state index contributed by atoms with van der Waals surface area (Å²) < 4.78 is 1.04. The molecule has 3 amide bonds. The summed E-state index contributed by atoms with van der Waals surface area (Å²) in [6, 6.07) is 7.15. The number of hydrogen-bond donors (Lipinski definition) is 1. The zero-order chi connectivity index (χ0) is 15.4. The summed E-state index contributed by atoms with van der Waals surface area (Å²) in [6.45, 7) is 1.20. The topological polar surface area (TPSA) is 66.6 Å². The predicted molar refractivity (Wildman–Crippen MR) is 84.8 cm³/mol. The first kappa shape index (κ1) is 15.8. The molecule has 0 saturated carbocycles. The maximum Gasteiger partial charge on any atom is 0.315 e. The number of nitrogens with zero attached hydrogens (tertiary/aromatic N) is 2. The Bertz CT molecular complexity index is 518. The predicted octanol–water partition coefficient (Wildman–Crippen LogP) is 1.99. The molecule has 1 heterocycles. The van der Waals surface area contributed by atoms with E-state index in [1.165, 1.54) is 10.5 Å². The largest absolute Gasteiger partial charge is 0.351 e. The van der Waals surface area contributed by atoms with Crippen LogP contribution in [0.1, 0.15) is 18.4 Å². The first-order valence-corrected chi connectivity index (χ1v) is 7.84. The van der Waals surface area contributed by atoms with E-state index in [4.69, 9.17) is 5.73 Å². The second-order valence-electron chi connectivity index (χ2n) is 5.33. The molecule has 0 unspecified atom stereocenters. The van der Waals surface area contributed by atoms with Gasteiger partial charge in [0.05, 0.1) is 0 Å². The van der Waals surface area contributed by atoms with Crippen LogP contribution in [0.3, 0.4) is 0 Å². The average Bonchev–Trinajstić information content (AvgIpc) is 2.95. The third-order valence-electron chi connectivity index (χ3n) is 3.85.